The number of unbranched alkanes of at least 4 members (excludes halogenated alkanes) is 9. The van der Waals surface area contributed by atoms with E-state index in [1.165, 1.54) is 62.0 Å². The van der Waals surface area contributed by atoms with Crippen molar-refractivity contribution >= 4 is 66.8 Å². The third kappa shape index (κ3) is 4.77. The standard InChI is InChI=1S/C36H35NO6/c1-2-3-4-5-6-7-8-9-10-11-20-37-33(38)25-16-12-21-23-14-18-27(35(40)41)32-28(36(42)43)19-15-24(30(23)32)22-13-17-26(34(37)39)31(25)29(21)22/h12-19H,2-11,20H2,1H3,(H,40,41)(H,42,43). The topological polar surface area (TPSA) is 112 Å². The van der Waals surface area contributed by atoms with E-state index in [1.54, 1.807) is 24.3 Å². The van der Waals surface area contributed by atoms with Gasteiger partial charge in [0.2, 0.25) is 0 Å². The number of hydrogen-bond acceptors (Lipinski definition) is 4. The van der Waals surface area contributed by atoms with Gasteiger partial charge in [-0.15, -0.1) is 0 Å². The largest absolute Gasteiger partial charge is 0.478 e. The molecule has 7 heteroatoms. The summed E-state index contributed by atoms with van der Waals surface area (Å²) < 4.78 is 0. The van der Waals surface area contributed by atoms with Gasteiger partial charge in [0.05, 0.1) is 11.1 Å². The van der Waals surface area contributed by atoms with Crippen LogP contribution in [-0.2, 0) is 0 Å². The molecule has 0 bridgehead atoms. The number of carboxylic acid groups (broad SMARTS) is 2. The Balaban J connectivity index is 1.34. The minimum atomic E-state index is -1.21. The number of amides is 2. The van der Waals surface area contributed by atoms with Crippen LogP contribution in [0.5, 0.6) is 0 Å². The summed E-state index contributed by atoms with van der Waals surface area (Å²) in [5.74, 6) is -3.01. The van der Waals surface area contributed by atoms with Crippen LogP contribution in [-0.4, -0.2) is 45.4 Å². The van der Waals surface area contributed by atoms with Crippen LogP contribution in [0, 0.1) is 0 Å². The van der Waals surface area contributed by atoms with Crippen molar-refractivity contribution in [1.29, 1.82) is 0 Å². The molecule has 1 aliphatic rings. The van der Waals surface area contributed by atoms with Gasteiger partial charge in [-0.2, -0.15) is 0 Å². The Kier molecular flexibility index (Phi) is 7.74. The zero-order chi connectivity index (χ0) is 30.2. The van der Waals surface area contributed by atoms with E-state index in [1.807, 2.05) is 12.1 Å². The van der Waals surface area contributed by atoms with E-state index in [2.05, 4.69) is 6.92 Å². The Bertz CT molecular complexity index is 1800. The van der Waals surface area contributed by atoms with Gasteiger partial charge in [0, 0.05) is 28.4 Å². The van der Waals surface area contributed by atoms with Crippen molar-refractivity contribution in [3.05, 3.63) is 70.8 Å². The monoisotopic (exact) mass is 577 g/mol. The van der Waals surface area contributed by atoms with Gasteiger partial charge in [-0.25, -0.2) is 9.59 Å². The van der Waals surface area contributed by atoms with Crippen LogP contribution in [0.25, 0.3) is 43.1 Å². The van der Waals surface area contributed by atoms with Crippen molar-refractivity contribution in [2.75, 3.05) is 6.54 Å². The van der Waals surface area contributed by atoms with Crippen LogP contribution in [0.4, 0.5) is 0 Å². The van der Waals surface area contributed by atoms with Gasteiger partial charge in [0.1, 0.15) is 0 Å². The third-order valence-electron chi connectivity index (χ3n) is 9.05. The van der Waals surface area contributed by atoms with E-state index >= 15 is 0 Å². The molecule has 2 amide bonds. The van der Waals surface area contributed by atoms with E-state index < -0.39 is 11.9 Å². The van der Waals surface area contributed by atoms with Crippen molar-refractivity contribution in [2.24, 2.45) is 0 Å². The summed E-state index contributed by atoms with van der Waals surface area (Å²) in [6, 6.07) is 13.4. The van der Waals surface area contributed by atoms with Gasteiger partial charge in [-0.05, 0) is 63.0 Å². The zero-order valence-electron chi connectivity index (χ0n) is 24.4. The smallest absolute Gasteiger partial charge is 0.336 e. The first-order chi connectivity index (χ1) is 20.8. The maximum absolute atomic E-state index is 13.7. The average Bonchev–Trinajstić information content (AvgIpc) is 3.00. The Morgan fingerprint density at radius 2 is 0.930 bits per heavy atom. The molecule has 1 aliphatic heterocycles. The maximum atomic E-state index is 13.7. The summed E-state index contributed by atoms with van der Waals surface area (Å²) in [6.45, 7) is 2.61. The molecule has 43 heavy (non-hydrogen) atoms. The number of carboxylic acids is 2. The molecule has 7 nitrogen and oxygen atoms in total. The fourth-order valence-electron chi connectivity index (χ4n) is 6.95. The SMILES string of the molecule is CCCCCCCCCCCCN1C(=O)c2ccc3c4ccc(C(=O)O)c5c(C(=O)O)ccc(c6ccc(c2c36)C1=O)c54. The van der Waals surface area contributed by atoms with Gasteiger partial charge in [-0.1, -0.05) is 89.0 Å². The number of rotatable bonds is 13. The lowest BCUT2D eigenvalue weighted by atomic mass is 9.83. The van der Waals surface area contributed by atoms with E-state index in [9.17, 15) is 29.4 Å². The Hall–Kier alpha value is -4.52. The molecular formula is C36H35NO6. The van der Waals surface area contributed by atoms with Gasteiger partial charge in [0.15, 0.2) is 0 Å². The van der Waals surface area contributed by atoms with Crippen LogP contribution >= 0.6 is 0 Å². The first kappa shape index (κ1) is 28.6. The van der Waals surface area contributed by atoms with E-state index in [0.29, 0.717) is 39.2 Å². The molecule has 0 spiro atoms. The normalized spacial score (nSPS) is 13.3. The van der Waals surface area contributed by atoms with E-state index in [-0.39, 0.29) is 28.3 Å². The van der Waals surface area contributed by atoms with Crippen molar-refractivity contribution in [1.82, 2.24) is 4.90 Å². The fourth-order valence-corrected chi connectivity index (χ4v) is 6.95. The van der Waals surface area contributed by atoms with Crippen LogP contribution in [0.3, 0.4) is 0 Å². The zero-order valence-corrected chi connectivity index (χ0v) is 24.4. The fraction of sp³-hybridized carbons (Fsp3) is 0.333. The van der Waals surface area contributed by atoms with Crippen LogP contribution < -0.4 is 0 Å². The molecule has 0 unspecified atom stereocenters. The third-order valence-corrected chi connectivity index (χ3v) is 9.05. The van der Waals surface area contributed by atoms with Crippen molar-refractivity contribution < 1.29 is 29.4 Å². The lowest BCUT2D eigenvalue weighted by Gasteiger charge is -2.28. The highest BCUT2D eigenvalue weighted by Crippen LogP contribution is 2.45. The first-order valence-corrected chi connectivity index (χ1v) is 15.4. The Morgan fingerprint density at radius 3 is 1.37 bits per heavy atom. The first-order valence-electron chi connectivity index (χ1n) is 15.4. The molecule has 220 valence electrons. The van der Waals surface area contributed by atoms with E-state index in [4.69, 9.17) is 0 Å². The minimum Gasteiger partial charge on any atom is -0.478 e. The highest BCUT2D eigenvalue weighted by Gasteiger charge is 2.34. The molecule has 0 radical (unpaired) electrons. The van der Waals surface area contributed by atoms with Crippen molar-refractivity contribution in [2.45, 2.75) is 71.1 Å². The molecule has 2 N–H and O–H groups in total. The number of fused-ring (bicyclic) bond motifs is 2. The molecular weight excluding hydrogens is 542 g/mol. The summed E-state index contributed by atoms with van der Waals surface area (Å²) in [5, 5.41) is 24.7. The quantitative estimate of drug-likeness (QED) is 0.0627. The maximum Gasteiger partial charge on any atom is 0.336 e. The molecule has 0 saturated heterocycles. The minimum absolute atomic E-state index is 0.0833. The molecule has 0 saturated carbocycles. The predicted octanol–water partition coefficient (Wildman–Crippen LogP) is 8.65. The number of hydrogen-bond donors (Lipinski definition) is 2. The second kappa shape index (κ2) is 11.6. The molecule has 0 aromatic heterocycles. The second-order valence-corrected chi connectivity index (χ2v) is 11.7. The highest BCUT2D eigenvalue weighted by atomic mass is 16.4. The van der Waals surface area contributed by atoms with Crippen molar-refractivity contribution in [3.63, 3.8) is 0 Å². The van der Waals surface area contributed by atoms with Crippen LogP contribution in [0.15, 0.2) is 48.5 Å². The molecule has 0 atom stereocenters. The second-order valence-electron chi connectivity index (χ2n) is 11.7. The Morgan fingerprint density at radius 1 is 0.535 bits per heavy atom. The van der Waals surface area contributed by atoms with E-state index in [0.717, 1.165) is 35.4 Å². The van der Waals surface area contributed by atoms with Crippen molar-refractivity contribution in [3.8, 4) is 0 Å². The molecule has 1 heterocycles. The summed E-state index contributed by atoms with van der Waals surface area (Å²) in [7, 11) is 0. The molecule has 6 rings (SSSR count). The summed E-state index contributed by atoms with van der Waals surface area (Å²) in [5.41, 5.74) is 0.789. The molecule has 5 aromatic rings. The number of carbonyl (C=O) groups is 4. The number of benzene rings is 5. The number of aromatic carboxylic acids is 2. The average molecular weight is 578 g/mol. The summed E-state index contributed by atoms with van der Waals surface area (Å²) in [6.07, 6.45) is 11.7. The predicted molar refractivity (Wildman–Crippen MR) is 169 cm³/mol. The lowest BCUT2D eigenvalue weighted by molar-refractivity contribution is 0.0604. The number of carbonyl (C=O) groups excluding carboxylic acids is 2. The summed E-state index contributed by atoms with van der Waals surface area (Å²) >= 11 is 0. The molecule has 5 aromatic carbocycles. The molecule has 0 fully saturated rings. The number of nitrogens with zero attached hydrogens (tertiary/aromatic N) is 1. The number of imide groups is 1. The van der Waals surface area contributed by atoms with Gasteiger partial charge >= 0.3 is 11.9 Å². The summed E-state index contributed by atoms with van der Waals surface area (Å²) in [4.78, 5) is 53.0. The van der Waals surface area contributed by atoms with Crippen LogP contribution in [0.1, 0.15) is 113 Å². The lowest BCUT2D eigenvalue weighted by Crippen LogP contribution is -2.40. The van der Waals surface area contributed by atoms with Crippen LogP contribution in [0.2, 0.25) is 0 Å². The molecule has 0 aliphatic carbocycles. The Labute approximate surface area is 249 Å². The van der Waals surface area contributed by atoms with Gasteiger partial charge in [0.25, 0.3) is 11.8 Å². The van der Waals surface area contributed by atoms with Gasteiger partial charge < -0.3 is 10.2 Å². The highest BCUT2D eigenvalue weighted by molar-refractivity contribution is 6.39. The van der Waals surface area contributed by atoms with Gasteiger partial charge in [-0.3, -0.25) is 14.5 Å².